The summed E-state index contributed by atoms with van der Waals surface area (Å²) in [4.78, 5) is 43.8. The van der Waals surface area contributed by atoms with Crippen LogP contribution < -0.4 is 16.8 Å². The summed E-state index contributed by atoms with van der Waals surface area (Å²) in [5.74, 6) is -1.20. The van der Waals surface area contributed by atoms with E-state index in [1.54, 1.807) is 48.5 Å². The Bertz CT molecular complexity index is 694. The van der Waals surface area contributed by atoms with Crippen molar-refractivity contribution in [3.63, 3.8) is 0 Å². The van der Waals surface area contributed by atoms with Gasteiger partial charge in [-0.25, -0.2) is 0 Å². The van der Waals surface area contributed by atoms with Gasteiger partial charge in [-0.05, 0) is 24.3 Å². The van der Waals surface area contributed by atoms with Crippen LogP contribution in [-0.2, 0) is 0 Å². The van der Waals surface area contributed by atoms with Crippen molar-refractivity contribution in [3.8, 4) is 0 Å². The molecule has 116 valence electrons. The lowest BCUT2D eigenvalue weighted by atomic mass is 10.1. The first-order valence-corrected chi connectivity index (χ1v) is 6.47. The normalized spacial score (nSPS) is 13.9. The number of fused-ring (bicyclic) bond motifs is 2. The van der Waals surface area contributed by atoms with Gasteiger partial charge in [-0.1, -0.05) is 24.3 Å². The maximum atomic E-state index is 10.9. The molecule has 2 heterocycles. The molecule has 0 spiro atoms. The van der Waals surface area contributed by atoms with Crippen molar-refractivity contribution in [2.45, 2.75) is 0 Å². The molecular weight excluding hydrogens is 298 g/mol. The van der Waals surface area contributed by atoms with Crippen LogP contribution in [0.2, 0.25) is 0 Å². The van der Waals surface area contributed by atoms with E-state index in [4.69, 9.17) is 0 Å². The van der Waals surface area contributed by atoms with Crippen molar-refractivity contribution in [2.75, 3.05) is 0 Å². The molecule has 0 aliphatic carbocycles. The number of hydrogen-bond donors (Lipinski definition) is 3. The molecule has 0 saturated carbocycles. The first-order chi connectivity index (χ1) is 10.6. The number of hydrogen-bond acceptors (Lipinski definition) is 5. The summed E-state index contributed by atoms with van der Waals surface area (Å²) in [6.07, 6.45) is 0. The van der Waals surface area contributed by atoms with Crippen LogP contribution in [0.15, 0.2) is 48.5 Å². The van der Waals surface area contributed by atoms with E-state index in [1.165, 1.54) is 0 Å². The summed E-state index contributed by atoms with van der Waals surface area (Å²) >= 11 is 0. The summed E-state index contributed by atoms with van der Waals surface area (Å²) in [6, 6.07) is 13.5. The zero-order valence-corrected chi connectivity index (χ0v) is 12.0. The SMILES string of the molecule is N.O=C1NC(=O)c2ccccc21.O=C1NC(=O)c2ccccc21. The van der Waals surface area contributed by atoms with Crippen LogP contribution >= 0.6 is 0 Å². The summed E-state index contributed by atoms with van der Waals surface area (Å²) < 4.78 is 0. The summed E-state index contributed by atoms with van der Waals surface area (Å²) in [5, 5.41) is 4.41. The molecule has 7 nitrogen and oxygen atoms in total. The van der Waals surface area contributed by atoms with E-state index in [-0.39, 0.29) is 29.8 Å². The van der Waals surface area contributed by atoms with E-state index >= 15 is 0 Å². The standard InChI is InChI=1S/2C8H5NO2.H3N/c2*10-7-5-3-1-2-4-6(5)8(11)9-7;/h2*1-4H,(H,9,10,11);1H3. The van der Waals surface area contributed by atoms with Gasteiger partial charge in [0.15, 0.2) is 0 Å². The molecule has 0 radical (unpaired) electrons. The lowest BCUT2D eigenvalue weighted by Crippen LogP contribution is -2.19. The van der Waals surface area contributed by atoms with E-state index in [0.29, 0.717) is 22.3 Å². The molecule has 2 aliphatic rings. The van der Waals surface area contributed by atoms with Crippen LogP contribution in [0.1, 0.15) is 41.4 Å². The van der Waals surface area contributed by atoms with Crippen molar-refractivity contribution in [3.05, 3.63) is 70.8 Å². The smallest absolute Gasteiger partial charge is 0.258 e. The lowest BCUT2D eigenvalue weighted by Gasteiger charge is -1.88. The Labute approximate surface area is 131 Å². The molecule has 0 unspecified atom stereocenters. The van der Waals surface area contributed by atoms with Crippen LogP contribution in [0.4, 0.5) is 0 Å². The second-order valence-electron chi connectivity index (χ2n) is 4.66. The highest BCUT2D eigenvalue weighted by Crippen LogP contribution is 2.14. The minimum absolute atomic E-state index is 0. The third-order valence-corrected chi connectivity index (χ3v) is 3.29. The number of carbonyl (C=O) groups excluding carboxylic acids is 4. The predicted octanol–water partition coefficient (Wildman–Crippen LogP) is 1.30. The molecule has 0 fully saturated rings. The topological polar surface area (TPSA) is 127 Å². The van der Waals surface area contributed by atoms with Gasteiger partial charge in [0.2, 0.25) is 0 Å². The van der Waals surface area contributed by atoms with Gasteiger partial charge in [0.25, 0.3) is 23.6 Å². The van der Waals surface area contributed by atoms with Crippen molar-refractivity contribution in [1.82, 2.24) is 16.8 Å². The highest BCUT2D eigenvalue weighted by molar-refractivity contribution is 6.22. The van der Waals surface area contributed by atoms with Gasteiger partial charge in [-0.2, -0.15) is 0 Å². The molecule has 7 heteroatoms. The Morgan fingerprint density at radius 3 is 0.913 bits per heavy atom. The van der Waals surface area contributed by atoms with Crippen LogP contribution in [0.3, 0.4) is 0 Å². The monoisotopic (exact) mass is 311 g/mol. The summed E-state index contributed by atoms with van der Waals surface area (Å²) in [6.45, 7) is 0. The number of carbonyl (C=O) groups is 4. The van der Waals surface area contributed by atoms with Crippen molar-refractivity contribution in [2.24, 2.45) is 0 Å². The molecule has 4 amide bonds. The average molecular weight is 311 g/mol. The fourth-order valence-corrected chi connectivity index (χ4v) is 2.23. The Hall–Kier alpha value is -3.32. The third-order valence-electron chi connectivity index (χ3n) is 3.29. The van der Waals surface area contributed by atoms with Crippen LogP contribution in [-0.4, -0.2) is 23.6 Å². The highest BCUT2D eigenvalue weighted by atomic mass is 16.2. The average Bonchev–Trinajstić information content (AvgIpc) is 2.99. The lowest BCUT2D eigenvalue weighted by molar-refractivity contribution is 0.0863. The molecule has 23 heavy (non-hydrogen) atoms. The summed E-state index contributed by atoms with van der Waals surface area (Å²) in [7, 11) is 0. The van der Waals surface area contributed by atoms with Crippen LogP contribution in [0, 0.1) is 0 Å². The molecule has 0 aromatic heterocycles. The first kappa shape index (κ1) is 16.1. The van der Waals surface area contributed by atoms with Crippen molar-refractivity contribution in [1.29, 1.82) is 0 Å². The second-order valence-corrected chi connectivity index (χ2v) is 4.66. The quantitative estimate of drug-likeness (QED) is 0.632. The molecule has 4 rings (SSSR count). The van der Waals surface area contributed by atoms with Crippen LogP contribution in [0.5, 0.6) is 0 Å². The van der Waals surface area contributed by atoms with Crippen molar-refractivity contribution < 1.29 is 19.2 Å². The van der Waals surface area contributed by atoms with Crippen LogP contribution in [0.25, 0.3) is 0 Å². The minimum atomic E-state index is -0.300. The maximum Gasteiger partial charge on any atom is 0.258 e. The fourth-order valence-electron chi connectivity index (χ4n) is 2.23. The molecule has 0 saturated heterocycles. The molecule has 0 atom stereocenters. The Morgan fingerprint density at radius 1 is 0.478 bits per heavy atom. The van der Waals surface area contributed by atoms with E-state index in [2.05, 4.69) is 10.6 Å². The Balaban J connectivity index is 0.000000160. The molecule has 2 aliphatic heterocycles. The van der Waals surface area contributed by atoms with E-state index < -0.39 is 0 Å². The van der Waals surface area contributed by atoms with Gasteiger partial charge in [-0.3, -0.25) is 29.8 Å². The van der Waals surface area contributed by atoms with Gasteiger partial charge >= 0.3 is 0 Å². The van der Waals surface area contributed by atoms with E-state index in [1.807, 2.05) is 0 Å². The van der Waals surface area contributed by atoms with Gasteiger partial charge in [0, 0.05) is 0 Å². The molecular formula is C16H13N3O4. The first-order valence-electron chi connectivity index (χ1n) is 6.47. The van der Waals surface area contributed by atoms with E-state index in [0.717, 1.165) is 0 Å². The highest BCUT2D eigenvalue weighted by Gasteiger charge is 2.25. The predicted molar refractivity (Wildman–Crippen MR) is 81.5 cm³/mol. The molecule has 5 N–H and O–H groups in total. The Morgan fingerprint density at radius 2 is 0.696 bits per heavy atom. The fraction of sp³-hybridized carbons (Fsp3) is 0. The number of benzene rings is 2. The number of nitrogens with one attached hydrogen (secondary N) is 2. The van der Waals surface area contributed by atoms with Gasteiger partial charge in [0.1, 0.15) is 0 Å². The van der Waals surface area contributed by atoms with E-state index in [9.17, 15) is 19.2 Å². The summed E-state index contributed by atoms with van der Waals surface area (Å²) in [5.41, 5.74) is 1.88. The van der Waals surface area contributed by atoms with Gasteiger partial charge < -0.3 is 6.15 Å². The largest absolute Gasteiger partial charge is 0.344 e. The minimum Gasteiger partial charge on any atom is -0.344 e. The zero-order chi connectivity index (χ0) is 15.7. The number of imide groups is 2. The Kier molecular flexibility index (Phi) is 4.33. The third kappa shape index (κ3) is 2.85. The van der Waals surface area contributed by atoms with Gasteiger partial charge in [-0.15, -0.1) is 0 Å². The number of amides is 4. The second kappa shape index (κ2) is 6.20. The van der Waals surface area contributed by atoms with Crippen molar-refractivity contribution >= 4 is 23.6 Å². The number of rotatable bonds is 0. The molecule has 2 aromatic rings. The molecule has 0 bridgehead atoms. The van der Waals surface area contributed by atoms with Gasteiger partial charge in [0.05, 0.1) is 22.3 Å². The maximum absolute atomic E-state index is 10.9. The molecule has 2 aromatic carbocycles. The zero-order valence-electron chi connectivity index (χ0n) is 12.0.